The first-order chi connectivity index (χ1) is 15.5. The van der Waals surface area contributed by atoms with Gasteiger partial charge in [-0.3, -0.25) is 9.69 Å². The number of hydrogen-bond acceptors (Lipinski definition) is 6. The van der Waals surface area contributed by atoms with E-state index in [1.54, 1.807) is 23.2 Å². The molecule has 0 bridgehead atoms. The Kier molecular flexibility index (Phi) is 7.99. The summed E-state index contributed by atoms with van der Waals surface area (Å²) in [5.41, 5.74) is 9.35. The number of aromatic nitrogens is 3. The number of imidazole rings is 1. The molecule has 0 saturated carbocycles. The summed E-state index contributed by atoms with van der Waals surface area (Å²) in [5.74, 6) is 1.42. The van der Waals surface area contributed by atoms with E-state index in [1.165, 1.54) is 0 Å². The van der Waals surface area contributed by atoms with E-state index in [9.17, 15) is 9.18 Å². The van der Waals surface area contributed by atoms with Crippen LogP contribution in [0.1, 0.15) is 37.2 Å². The zero-order valence-corrected chi connectivity index (χ0v) is 19.5. The van der Waals surface area contributed by atoms with Crippen LogP contribution >= 0.6 is 12.4 Å². The summed E-state index contributed by atoms with van der Waals surface area (Å²) >= 11 is 0. The highest BCUT2D eigenvalue weighted by Crippen LogP contribution is 2.29. The molecular weight excluding hydrogens is 447 g/mol. The van der Waals surface area contributed by atoms with Gasteiger partial charge < -0.3 is 15.1 Å². The summed E-state index contributed by atoms with van der Waals surface area (Å²) in [6.45, 7) is 4.91. The van der Waals surface area contributed by atoms with Gasteiger partial charge in [0.25, 0.3) is 5.91 Å². The molecule has 2 aromatic heterocycles. The van der Waals surface area contributed by atoms with Crippen molar-refractivity contribution < 1.29 is 14.0 Å². The number of fused-ring (bicyclic) bond motifs is 2. The first-order valence-corrected chi connectivity index (χ1v) is 10.7. The van der Waals surface area contributed by atoms with Gasteiger partial charge in [-0.2, -0.15) is 0 Å². The largest absolute Gasteiger partial charge is 0.392 e. The lowest BCUT2D eigenvalue weighted by Crippen LogP contribution is -2.31. The maximum absolute atomic E-state index is 13.2. The third kappa shape index (κ3) is 4.99. The molecular formula is C23H28ClFN6O2. The summed E-state index contributed by atoms with van der Waals surface area (Å²) in [6, 6.07) is 9.51. The molecule has 33 heavy (non-hydrogen) atoms. The maximum atomic E-state index is 13.2. The fourth-order valence-corrected chi connectivity index (χ4v) is 3.77. The highest BCUT2D eigenvalue weighted by atomic mass is 35.5. The van der Waals surface area contributed by atoms with Crippen LogP contribution in [0.25, 0.3) is 11.0 Å². The Labute approximate surface area is 198 Å². The van der Waals surface area contributed by atoms with Crippen LogP contribution in [0.4, 0.5) is 10.2 Å². The number of hydrogen-bond donors (Lipinski definition) is 1. The average molecular weight is 475 g/mol. The number of nitrogens with zero attached hydrogens (tertiary/aromatic N) is 5. The topological polar surface area (TPSA) is 98.6 Å². The Balaban J connectivity index is 0.00000306. The molecule has 3 aromatic rings. The predicted octanol–water partition coefficient (Wildman–Crippen LogP) is 3.59. The number of alkyl halides is 1. The Morgan fingerprint density at radius 3 is 2.82 bits per heavy atom. The van der Waals surface area contributed by atoms with E-state index >= 15 is 0 Å². The van der Waals surface area contributed by atoms with Gasteiger partial charge in [0.2, 0.25) is 0 Å². The van der Waals surface area contributed by atoms with Gasteiger partial charge in [0, 0.05) is 19.3 Å². The van der Waals surface area contributed by atoms with E-state index in [2.05, 4.69) is 28.6 Å². The monoisotopic (exact) mass is 474 g/mol. The molecule has 8 nitrogen and oxygen atoms in total. The number of oxime groups is 1. The number of carbonyl (C=O) groups is 1. The molecule has 0 spiro atoms. The fourth-order valence-electron chi connectivity index (χ4n) is 3.77. The second kappa shape index (κ2) is 10.7. The first-order valence-electron chi connectivity index (χ1n) is 10.7. The van der Waals surface area contributed by atoms with E-state index in [-0.39, 0.29) is 37.2 Å². The van der Waals surface area contributed by atoms with Crippen LogP contribution in [0.15, 0.2) is 41.7 Å². The van der Waals surface area contributed by atoms with Gasteiger partial charge in [-0.25, -0.2) is 14.4 Å². The van der Waals surface area contributed by atoms with Crippen molar-refractivity contribution in [2.45, 2.75) is 39.9 Å². The lowest BCUT2D eigenvalue weighted by Gasteiger charge is -2.17. The quantitative estimate of drug-likeness (QED) is 0.377. The summed E-state index contributed by atoms with van der Waals surface area (Å²) in [7, 11) is 0. The zero-order valence-electron chi connectivity index (χ0n) is 18.7. The SMILES string of the molecule is CC(C)CCn1c(CN2C(=O)/C(=N\OCCF)c3cccnc32)nc2cc(CN)ccc21.Cl. The molecule has 4 rings (SSSR count). The second-order valence-corrected chi connectivity index (χ2v) is 8.12. The minimum Gasteiger partial charge on any atom is -0.392 e. The molecule has 3 heterocycles. The van der Waals surface area contributed by atoms with Gasteiger partial charge in [-0.15, -0.1) is 12.4 Å². The van der Waals surface area contributed by atoms with E-state index in [4.69, 9.17) is 15.6 Å². The lowest BCUT2D eigenvalue weighted by molar-refractivity contribution is -0.112. The molecule has 0 atom stereocenters. The van der Waals surface area contributed by atoms with Gasteiger partial charge in [0.05, 0.1) is 23.1 Å². The smallest absolute Gasteiger partial charge is 0.282 e. The third-order valence-electron chi connectivity index (χ3n) is 5.43. The minimum absolute atomic E-state index is 0. The van der Waals surface area contributed by atoms with Crippen molar-refractivity contribution >= 4 is 40.9 Å². The summed E-state index contributed by atoms with van der Waals surface area (Å²) in [5, 5.41) is 3.88. The number of halogens is 2. The number of aryl methyl sites for hydroxylation is 1. The summed E-state index contributed by atoms with van der Waals surface area (Å²) in [4.78, 5) is 28.9. The molecule has 0 unspecified atom stereocenters. The van der Waals surface area contributed by atoms with Crippen molar-refractivity contribution in [1.82, 2.24) is 14.5 Å². The predicted molar refractivity (Wildman–Crippen MR) is 128 cm³/mol. The van der Waals surface area contributed by atoms with E-state index in [0.717, 1.165) is 35.4 Å². The van der Waals surface area contributed by atoms with Crippen molar-refractivity contribution in [2.24, 2.45) is 16.8 Å². The molecule has 10 heteroatoms. The van der Waals surface area contributed by atoms with E-state index < -0.39 is 6.67 Å². The van der Waals surface area contributed by atoms with Crippen molar-refractivity contribution in [3.63, 3.8) is 0 Å². The van der Waals surface area contributed by atoms with Gasteiger partial charge in [0.1, 0.15) is 24.9 Å². The Bertz CT molecular complexity index is 1160. The molecule has 176 valence electrons. The van der Waals surface area contributed by atoms with Gasteiger partial charge >= 0.3 is 0 Å². The zero-order chi connectivity index (χ0) is 22.7. The summed E-state index contributed by atoms with van der Waals surface area (Å²) in [6.07, 6.45) is 2.60. The number of rotatable bonds is 9. The Hall–Kier alpha value is -3.04. The van der Waals surface area contributed by atoms with Crippen LogP contribution in [-0.4, -0.2) is 39.4 Å². The highest BCUT2D eigenvalue weighted by molar-refractivity contribution is 6.53. The van der Waals surface area contributed by atoms with Crippen molar-refractivity contribution in [1.29, 1.82) is 0 Å². The second-order valence-electron chi connectivity index (χ2n) is 8.12. The standard InChI is InChI=1S/C23H27FN6O2.ClH/c1-15(2)7-10-29-19-6-5-16(13-25)12-18(19)27-20(29)14-30-22-17(4-3-9-26-22)21(23(30)31)28-32-11-8-24;/h3-6,9,12,15H,7-8,10-11,13-14,25H2,1-2H3;1H/b28-21-;. The van der Waals surface area contributed by atoms with Crippen LogP contribution in [0, 0.1) is 5.92 Å². The number of pyridine rings is 1. The first kappa shape index (κ1) is 24.6. The summed E-state index contributed by atoms with van der Waals surface area (Å²) < 4.78 is 14.6. The number of nitrogens with two attached hydrogens (primary N) is 1. The molecule has 2 N–H and O–H groups in total. The number of amides is 1. The molecule has 1 amide bonds. The van der Waals surface area contributed by atoms with Crippen LogP contribution in [0.5, 0.6) is 0 Å². The van der Waals surface area contributed by atoms with Crippen molar-refractivity contribution in [3.8, 4) is 0 Å². The van der Waals surface area contributed by atoms with Crippen LogP contribution in [0.2, 0.25) is 0 Å². The molecule has 1 aliphatic rings. The molecule has 0 aliphatic carbocycles. The number of benzene rings is 1. The lowest BCUT2D eigenvalue weighted by atomic mass is 10.1. The van der Waals surface area contributed by atoms with Crippen molar-refractivity contribution in [2.75, 3.05) is 18.2 Å². The van der Waals surface area contributed by atoms with E-state index in [0.29, 0.717) is 23.8 Å². The van der Waals surface area contributed by atoms with Gasteiger partial charge in [0.15, 0.2) is 5.71 Å². The molecule has 1 aliphatic heterocycles. The van der Waals surface area contributed by atoms with Gasteiger partial charge in [-0.05, 0) is 42.2 Å². The molecule has 1 aromatic carbocycles. The fraction of sp³-hybridized carbons (Fsp3) is 0.391. The van der Waals surface area contributed by atoms with Gasteiger partial charge in [-0.1, -0.05) is 25.1 Å². The number of anilines is 1. The average Bonchev–Trinajstić information content (AvgIpc) is 3.27. The minimum atomic E-state index is -0.681. The third-order valence-corrected chi connectivity index (χ3v) is 5.43. The molecule has 0 radical (unpaired) electrons. The Morgan fingerprint density at radius 1 is 1.27 bits per heavy atom. The van der Waals surface area contributed by atoms with Crippen molar-refractivity contribution in [3.05, 3.63) is 53.5 Å². The highest BCUT2D eigenvalue weighted by Gasteiger charge is 2.36. The molecule has 0 saturated heterocycles. The van der Waals surface area contributed by atoms with E-state index in [1.807, 2.05) is 18.2 Å². The van der Waals surface area contributed by atoms with Crippen LogP contribution in [-0.2, 0) is 29.3 Å². The Morgan fingerprint density at radius 2 is 2.09 bits per heavy atom. The number of carbonyl (C=O) groups excluding carboxylic acids is 1. The van der Waals surface area contributed by atoms with Crippen LogP contribution < -0.4 is 10.6 Å². The normalized spacial score (nSPS) is 14.3. The maximum Gasteiger partial charge on any atom is 0.282 e. The molecule has 0 fully saturated rings. The van der Waals surface area contributed by atoms with Crippen LogP contribution in [0.3, 0.4) is 0 Å².